The molecule has 28 heavy (non-hydrogen) atoms. The van der Waals surface area contributed by atoms with Gasteiger partial charge in [0.2, 0.25) is 0 Å². The van der Waals surface area contributed by atoms with Crippen LogP contribution in [0.5, 0.6) is 5.75 Å². The molecule has 0 amide bonds. The van der Waals surface area contributed by atoms with Gasteiger partial charge in [0, 0.05) is 5.56 Å². The van der Waals surface area contributed by atoms with Gasteiger partial charge in [-0.3, -0.25) is 4.79 Å². The second-order valence-corrected chi connectivity index (χ2v) is 6.23. The van der Waals surface area contributed by atoms with Gasteiger partial charge >= 0.3 is 0 Å². The fraction of sp³-hybridized carbons (Fsp3) is 0.0870. The number of nitrogens with zero attached hydrogens (tertiary/aromatic N) is 3. The van der Waals surface area contributed by atoms with Gasteiger partial charge in [0.1, 0.15) is 18.2 Å². The summed E-state index contributed by atoms with van der Waals surface area (Å²) in [7, 11) is 0. The molecule has 0 aliphatic carbocycles. The molecule has 0 aliphatic rings. The highest BCUT2D eigenvalue weighted by molar-refractivity contribution is 6.02. The number of terminal acetylenes is 1. The fourth-order valence-corrected chi connectivity index (χ4v) is 3.14. The zero-order valence-corrected chi connectivity index (χ0v) is 15.3. The average molecular weight is 367 g/mol. The molecule has 3 aromatic carbocycles. The van der Waals surface area contributed by atoms with Crippen LogP contribution in [0.4, 0.5) is 0 Å². The molecule has 1 aromatic heterocycles. The van der Waals surface area contributed by atoms with Gasteiger partial charge in [-0.25, -0.2) is 4.98 Å². The predicted molar refractivity (Wildman–Crippen MR) is 112 cm³/mol. The van der Waals surface area contributed by atoms with Gasteiger partial charge in [-0.05, 0) is 35.9 Å². The summed E-state index contributed by atoms with van der Waals surface area (Å²) in [6.45, 7) is 1.90. The first-order valence-electron chi connectivity index (χ1n) is 8.80. The maximum absolute atomic E-state index is 12.8. The molecule has 0 bridgehead atoms. The second kappa shape index (κ2) is 7.37. The lowest BCUT2D eigenvalue weighted by Crippen LogP contribution is -2.20. The van der Waals surface area contributed by atoms with Crippen molar-refractivity contribution in [2.75, 3.05) is 6.61 Å². The minimum atomic E-state index is -0.217. The number of aryl methyl sites for hydroxylation is 1. The van der Waals surface area contributed by atoms with Crippen LogP contribution in [0.3, 0.4) is 0 Å². The van der Waals surface area contributed by atoms with Crippen LogP contribution >= 0.6 is 0 Å². The Morgan fingerprint density at radius 2 is 1.86 bits per heavy atom. The van der Waals surface area contributed by atoms with E-state index in [1.54, 1.807) is 19.2 Å². The van der Waals surface area contributed by atoms with E-state index < -0.39 is 0 Å². The lowest BCUT2D eigenvalue weighted by molar-refractivity contribution is 0.370. The average Bonchev–Trinajstić information content (AvgIpc) is 2.72. The van der Waals surface area contributed by atoms with Crippen molar-refractivity contribution in [2.45, 2.75) is 6.92 Å². The molecule has 5 heteroatoms. The minimum absolute atomic E-state index is 0.148. The first-order chi connectivity index (χ1) is 13.7. The summed E-state index contributed by atoms with van der Waals surface area (Å²) >= 11 is 0. The summed E-state index contributed by atoms with van der Waals surface area (Å²) in [4.78, 5) is 17.3. The molecule has 0 saturated heterocycles. The largest absolute Gasteiger partial charge is 0.480 e. The van der Waals surface area contributed by atoms with Crippen LogP contribution < -0.4 is 10.3 Å². The number of para-hydroxylation sites is 1. The molecule has 0 spiro atoms. The Hall–Kier alpha value is -3.91. The van der Waals surface area contributed by atoms with Crippen molar-refractivity contribution >= 4 is 27.9 Å². The third kappa shape index (κ3) is 3.12. The molecule has 0 radical (unpaired) electrons. The third-order valence-electron chi connectivity index (χ3n) is 4.46. The smallest absolute Gasteiger partial charge is 0.282 e. The molecular formula is C23H17N3O2. The molecule has 0 aliphatic heterocycles. The first kappa shape index (κ1) is 17.5. The topological polar surface area (TPSA) is 56.5 Å². The number of benzene rings is 3. The van der Waals surface area contributed by atoms with E-state index in [1.165, 1.54) is 4.68 Å². The molecular weight excluding hydrogens is 350 g/mol. The van der Waals surface area contributed by atoms with E-state index in [2.05, 4.69) is 16.0 Å². The van der Waals surface area contributed by atoms with Gasteiger partial charge in [-0.15, -0.1) is 6.42 Å². The van der Waals surface area contributed by atoms with Crippen LogP contribution in [0.15, 0.2) is 70.6 Å². The number of fused-ring (bicyclic) bond motifs is 2. The monoisotopic (exact) mass is 367 g/mol. The van der Waals surface area contributed by atoms with Gasteiger partial charge in [0.05, 0.1) is 17.1 Å². The SMILES string of the molecule is C#CCOc1ccc2ccccc2c1/C=N\n1c(C)nc2ccccc2c1=O. The minimum Gasteiger partial charge on any atom is -0.480 e. The highest BCUT2D eigenvalue weighted by Crippen LogP contribution is 2.26. The van der Waals surface area contributed by atoms with E-state index >= 15 is 0 Å². The molecule has 4 rings (SSSR count). The van der Waals surface area contributed by atoms with E-state index in [4.69, 9.17) is 11.2 Å². The number of hydrogen-bond acceptors (Lipinski definition) is 4. The third-order valence-corrected chi connectivity index (χ3v) is 4.46. The number of aromatic nitrogens is 2. The number of rotatable bonds is 4. The van der Waals surface area contributed by atoms with E-state index in [9.17, 15) is 4.79 Å². The van der Waals surface area contributed by atoms with Crippen molar-refractivity contribution in [1.82, 2.24) is 9.66 Å². The van der Waals surface area contributed by atoms with Gasteiger partial charge in [0.25, 0.3) is 5.56 Å². The van der Waals surface area contributed by atoms with E-state index in [1.807, 2.05) is 54.6 Å². The predicted octanol–water partition coefficient (Wildman–Crippen LogP) is 3.75. The summed E-state index contributed by atoms with van der Waals surface area (Å²) in [6, 6.07) is 18.9. The fourth-order valence-electron chi connectivity index (χ4n) is 3.14. The van der Waals surface area contributed by atoms with Crippen LogP contribution in [0.1, 0.15) is 11.4 Å². The van der Waals surface area contributed by atoms with Crippen molar-refractivity contribution in [3.63, 3.8) is 0 Å². The van der Waals surface area contributed by atoms with E-state index in [-0.39, 0.29) is 12.2 Å². The Bertz CT molecular complexity index is 1310. The molecule has 5 nitrogen and oxygen atoms in total. The Morgan fingerprint density at radius 1 is 1.11 bits per heavy atom. The molecule has 0 saturated carbocycles. The Morgan fingerprint density at radius 3 is 2.68 bits per heavy atom. The second-order valence-electron chi connectivity index (χ2n) is 6.23. The number of ether oxygens (including phenoxy) is 1. The lowest BCUT2D eigenvalue weighted by atomic mass is 10.0. The van der Waals surface area contributed by atoms with Crippen LogP contribution in [0.25, 0.3) is 21.7 Å². The van der Waals surface area contributed by atoms with Crippen LogP contribution in [-0.2, 0) is 0 Å². The Labute approximate surface area is 161 Å². The summed E-state index contributed by atoms with van der Waals surface area (Å²) in [5.41, 5.74) is 1.19. The van der Waals surface area contributed by atoms with Crippen LogP contribution in [0, 0.1) is 19.3 Å². The molecule has 4 aromatic rings. The zero-order valence-electron chi connectivity index (χ0n) is 15.3. The summed E-state index contributed by atoms with van der Waals surface area (Å²) in [6.07, 6.45) is 6.96. The van der Waals surface area contributed by atoms with Gasteiger partial charge in [0.15, 0.2) is 0 Å². The number of hydrogen-bond donors (Lipinski definition) is 0. The summed E-state index contributed by atoms with van der Waals surface area (Å²) < 4.78 is 6.98. The first-order valence-corrected chi connectivity index (χ1v) is 8.80. The Balaban J connectivity index is 1.88. The maximum Gasteiger partial charge on any atom is 0.282 e. The van der Waals surface area contributed by atoms with Gasteiger partial charge in [-0.1, -0.05) is 48.4 Å². The summed E-state index contributed by atoms with van der Waals surface area (Å²) in [5, 5.41) is 6.95. The normalized spacial score (nSPS) is 11.1. The molecule has 0 N–H and O–H groups in total. The highest BCUT2D eigenvalue weighted by Gasteiger charge is 2.09. The van der Waals surface area contributed by atoms with E-state index in [0.29, 0.717) is 22.5 Å². The van der Waals surface area contributed by atoms with Crippen molar-refractivity contribution in [3.05, 3.63) is 82.4 Å². The highest BCUT2D eigenvalue weighted by atomic mass is 16.5. The molecule has 136 valence electrons. The molecule has 0 fully saturated rings. The van der Waals surface area contributed by atoms with Crippen molar-refractivity contribution in [3.8, 4) is 18.1 Å². The lowest BCUT2D eigenvalue weighted by Gasteiger charge is -2.10. The van der Waals surface area contributed by atoms with Crippen LogP contribution in [0.2, 0.25) is 0 Å². The zero-order chi connectivity index (χ0) is 19.5. The van der Waals surface area contributed by atoms with Crippen LogP contribution in [-0.4, -0.2) is 22.5 Å². The standard InChI is InChI=1S/C23H17N3O2/c1-3-14-28-22-13-12-17-8-4-5-9-18(17)20(22)15-24-26-16(2)25-21-11-7-6-10-19(21)23(26)27/h1,4-13,15H,14H2,2H3/b24-15-. The van der Waals surface area contributed by atoms with Gasteiger partial charge in [-0.2, -0.15) is 9.78 Å². The van der Waals surface area contributed by atoms with E-state index in [0.717, 1.165) is 16.3 Å². The van der Waals surface area contributed by atoms with Crippen molar-refractivity contribution in [1.29, 1.82) is 0 Å². The van der Waals surface area contributed by atoms with Crippen molar-refractivity contribution < 1.29 is 4.74 Å². The molecule has 0 unspecified atom stereocenters. The Kier molecular flexibility index (Phi) is 4.61. The molecule has 0 atom stereocenters. The van der Waals surface area contributed by atoms with Gasteiger partial charge < -0.3 is 4.74 Å². The van der Waals surface area contributed by atoms with Crippen molar-refractivity contribution in [2.24, 2.45) is 5.10 Å². The molecule has 1 heterocycles. The maximum atomic E-state index is 12.8. The summed E-state index contributed by atoms with van der Waals surface area (Å²) in [5.74, 6) is 3.59. The quantitative estimate of drug-likeness (QED) is 0.408.